The standard InChI is InChI=1S/C15H24F3NO2/c1-10-7-8-19(13-6-4-3-5-12(10)13)14(20)11(2)21-9-15(16,17)18/h10-13H,3-9H2,1-2H3. The van der Waals surface area contributed by atoms with Gasteiger partial charge in [-0.2, -0.15) is 13.2 Å². The van der Waals surface area contributed by atoms with Crippen LogP contribution in [0.1, 0.15) is 46.0 Å². The van der Waals surface area contributed by atoms with E-state index in [0.717, 1.165) is 25.7 Å². The smallest absolute Gasteiger partial charge is 0.359 e. The van der Waals surface area contributed by atoms with E-state index in [0.29, 0.717) is 18.4 Å². The molecule has 0 spiro atoms. The second kappa shape index (κ2) is 6.55. The Balaban J connectivity index is 1.97. The average Bonchev–Trinajstić information content (AvgIpc) is 2.44. The first kappa shape index (κ1) is 16.6. The number of halogens is 3. The molecule has 4 unspecified atom stereocenters. The fourth-order valence-electron chi connectivity index (χ4n) is 3.71. The largest absolute Gasteiger partial charge is 0.411 e. The number of alkyl halides is 3. The molecule has 122 valence electrons. The van der Waals surface area contributed by atoms with E-state index in [-0.39, 0.29) is 11.9 Å². The number of fused-ring (bicyclic) bond motifs is 1. The number of carbonyl (C=O) groups is 1. The second-order valence-corrected chi connectivity index (χ2v) is 6.38. The Morgan fingerprint density at radius 3 is 2.62 bits per heavy atom. The van der Waals surface area contributed by atoms with Gasteiger partial charge in [0.25, 0.3) is 5.91 Å². The molecule has 4 atom stereocenters. The van der Waals surface area contributed by atoms with E-state index in [2.05, 4.69) is 6.92 Å². The molecule has 6 heteroatoms. The van der Waals surface area contributed by atoms with Crippen LogP contribution in [-0.4, -0.2) is 42.3 Å². The molecule has 2 fully saturated rings. The fourth-order valence-corrected chi connectivity index (χ4v) is 3.71. The summed E-state index contributed by atoms with van der Waals surface area (Å²) < 4.78 is 41.3. The van der Waals surface area contributed by atoms with Crippen molar-refractivity contribution in [3.63, 3.8) is 0 Å². The minimum atomic E-state index is -4.39. The van der Waals surface area contributed by atoms with Gasteiger partial charge in [-0.15, -0.1) is 0 Å². The Kier molecular flexibility index (Phi) is 5.17. The molecule has 1 amide bonds. The van der Waals surface area contributed by atoms with Crippen molar-refractivity contribution in [3.8, 4) is 0 Å². The molecule has 21 heavy (non-hydrogen) atoms. The lowest BCUT2D eigenvalue weighted by atomic mass is 9.72. The quantitative estimate of drug-likeness (QED) is 0.800. The summed E-state index contributed by atoms with van der Waals surface area (Å²) in [5.74, 6) is 0.792. The molecular formula is C15H24F3NO2. The van der Waals surface area contributed by atoms with Crippen molar-refractivity contribution in [1.29, 1.82) is 0 Å². The molecule has 1 saturated carbocycles. The van der Waals surface area contributed by atoms with Gasteiger partial charge < -0.3 is 9.64 Å². The first-order valence-electron chi connectivity index (χ1n) is 7.78. The van der Waals surface area contributed by atoms with Gasteiger partial charge in [0.2, 0.25) is 0 Å². The van der Waals surface area contributed by atoms with E-state index in [1.54, 1.807) is 4.90 Å². The lowest BCUT2D eigenvalue weighted by Crippen LogP contribution is -2.55. The predicted octanol–water partition coefficient (Wildman–Crippen LogP) is 3.38. The van der Waals surface area contributed by atoms with Crippen LogP contribution in [0, 0.1) is 11.8 Å². The topological polar surface area (TPSA) is 29.5 Å². The Morgan fingerprint density at radius 1 is 1.29 bits per heavy atom. The van der Waals surface area contributed by atoms with Gasteiger partial charge in [-0.25, -0.2) is 0 Å². The summed E-state index contributed by atoms with van der Waals surface area (Å²) in [6.45, 7) is 2.91. The maximum atomic E-state index is 12.4. The van der Waals surface area contributed by atoms with Crippen LogP contribution in [0.3, 0.4) is 0 Å². The minimum absolute atomic E-state index is 0.187. The maximum Gasteiger partial charge on any atom is 0.411 e. The third-order valence-corrected chi connectivity index (χ3v) is 4.87. The highest BCUT2D eigenvalue weighted by Crippen LogP contribution is 2.39. The van der Waals surface area contributed by atoms with Crippen LogP contribution in [0.25, 0.3) is 0 Å². The number of carbonyl (C=O) groups excluding carboxylic acids is 1. The first-order valence-corrected chi connectivity index (χ1v) is 7.78. The Morgan fingerprint density at radius 2 is 1.95 bits per heavy atom. The molecule has 2 aliphatic rings. The molecule has 0 aromatic carbocycles. The molecule has 1 heterocycles. The highest BCUT2D eigenvalue weighted by atomic mass is 19.4. The van der Waals surface area contributed by atoms with E-state index in [1.807, 2.05) is 0 Å². The van der Waals surface area contributed by atoms with E-state index in [4.69, 9.17) is 4.74 Å². The van der Waals surface area contributed by atoms with Crippen molar-refractivity contribution in [2.45, 2.75) is 64.3 Å². The van der Waals surface area contributed by atoms with Crippen molar-refractivity contribution in [3.05, 3.63) is 0 Å². The van der Waals surface area contributed by atoms with Gasteiger partial charge in [-0.3, -0.25) is 4.79 Å². The zero-order chi connectivity index (χ0) is 15.6. The molecule has 3 nitrogen and oxygen atoms in total. The number of piperidine rings is 1. The highest BCUT2D eigenvalue weighted by molar-refractivity contribution is 5.81. The maximum absolute atomic E-state index is 12.4. The SMILES string of the molecule is CC(OCC(F)(F)F)C(=O)N1CCC(C)C2CCCCC21. The van der Waals surface area contributed by atoms with Crippen LogP contribution < -0.4 is 0 Å². The third kappa shape index (κ3) is 4.11. The molecule has 0 aromatic heterocycles. The first-order chi connectivity index (χ1) is 9.79. The second-order valence-electron chi connectivity index (χ2n) is 6.38. The molecular weight excluding hydrogens is 283 g/mol. The van der Waals surface area contributed by atoms with Crippen molar-refractivity contribution in [2.75, 3.05) is 13.2 Å². The molecule has 1 aliphatic heterocycles. The number of ether oxygens (including phenoxy) is 1. The predicted molar refractivity (Wildman–Crippen MR) is 72.7 cm³/mol. The van der Waals surface area contributed by atoms with Crippen LogP contribution in [0.2, 0.25) is 0 Å². The van der Waals surface area contributed by atoms with Gasteiger partial charge >= 0.3 is 6.18 Å². The summed E-state index contributed by atoms with van der Waals surface area (Å²) >= 11 is 0. The number of hydrogen-bond donors (Lipinski definition) is 0. The molecule has 0 N–H and O–H groups in total. The molecule has 1 saturated heterocycles. The molecule has 0 bridgehead atoms. The van der Waals surface area contributed by atoms with Gasteiger partial charge in [-0.05, 0) is 38.0 Å². The Bertz CT molecular complexity index is 372. The summed E-state index contributed by atoms with van der Waals surface area (Å²) in [4.78, 5) is 14.2. The normalized spacial score (nSPS) is 31.7. The lowest BCUT2D eigenvalue weighted by Gasteiger charge is -2.47. The zero-order valence-electron chi connectivity index (χ0n) is 12.7. The van der Waals surface area contributed by atoms with Crippen LogP contribution in [0.5, 0.6) is 0 Å². The Hall–Kier alpha value is -0.780. The monoisotopic (exact) mass is 307 g/mol. The van der Waals surface area contributed by atoms with Crippen LogP contribution in [0.4, 0.5) is 13.2 Å². The number of likely N-dealkylation sites (tertiary alicyclic amines) is 1. The fraction of sp³-hybridized carbons (Fsp3) is 0.933. The van der Waals surface area contributed by atoms with Crippen LogP contribution in [0.15, 0.2) is 0 Å². The van der Waals surface area contributed by atoms with Crippen molar-refractivity contribution in [1.82, 2.24) is 4.90 Å². The summed E-state index contributed by atoms with van der Waals surface area (Å²) in [7, 11) is 0. The lowest BCUT2D eigenvalue weighted by molar-refractivity contribution is -0.190. The number of hydrogen-bond acceptors (Lipinski definition) is 2. The summed E-state index contributed by atoms with van der Waals surface area (Å²) in [5.41, 5.74) is 0. The molecule has 0 aromatic rings. The van der Waals surface area contributed by atoms with Crippen LogP contribution >= 0.6 is 0 Å². The Labute approximate surface area is 123 Å². The van der Waals surface area contributed by atoms with Crippen molar-refractivity contribution < 1.29 is 22.7 Å². The molecule has 2 rings (SSSR count). The molecule has 1 aliphatic carbocycles. The number of amides is 1. The van der Waals surface area contributed by atoms with Gasteiger partial charge in [0, 0.05) is 12.6 Å². The minimum Gasteiger partial charge on any atom is -0.359 e. The van der Waals surface area contributed by atoms with Gasteiger partial charge in [-0.1, -0.05) is 19.8 Å². The van der Waals surface area contributed by atoms with Crippen molar-refractivity contribution >= 4 is 5.91 Å². The van der Waals surface area contributed by atoms with E-state index >= 15 is 0 Å². The van der Waals surface area contributed by atoms with E-state index in [9.17, 15) is 18.0 Å². The van der Waals surface area contributed by atoms with Gasteiger partial charge in [0.15, 0.2) is 0 Å². The third-order valence-electron chi connectivity index (χ3n) is 4.87. The number of nitrogens with zero attached hydrogens (tertiary/aromatic N) is 1. The van der Waals surface area contributed by atoms with Gasteiger partial charge in [0.05, 0.1) is 0 Å². The summed E-state index contributed by atoms with van der Waals surface area (Å²) in [6, 6.07) is 0.187. The molecule has 0 radical (unpaired) electrons. The zero-order valence-corrected chi connectivity index (χ0v) is 12.7. The van der Waals surface area contributed by atoms with Crippen molar-refractivity contribution in [2.24, 2.45) is 11.8 Å². The van der Waals surface area contributed by atoms with E-state index in [1.165, 1.54) is 13.3 Å². The van der Waals surface area contributed by atoms with Gasteiger partial charge in [0.1, 0.15) is 12.7 Å². The summed E-state index contributed by atoms with van der Waals surface area (Å²) in [5, 5.41) is 0. The number of rotatable bonds is 3. The van der Waals surface area contributed by atoms with Crippen LogP contribution in [-0.2, 0) is 9.53 Å². The van der Waals surface area contributed by atoms with E-state index < -0.39 is 18.9 Å². The highest BCUT2D eigenvalue weighted by Gasteiger charge is 2.41. The average molecular weight is 307 g/mol. The summed E-state index contributed by atoms with van der Waals surface area (Å²) in [6.07, 6.45) is -0.122.